The van der Waals surface area contributed by atoms with Crippen molar-refractivity contribution in [2.45, 2.75) is 44.6 Å². The van der Waals surface area contributed by atoms with Crippen molar-refractivity contribution in [3.05, 3.63) is 212 Å². The highest BCUT2D eigenvalue weighted by molar-refractivity contribution is 5.93. The molecule has 0 spiro atoms. The Morgan fingerprint density at radius 3 is 0.951 bits per heavy atom. The molecule has 0 fully saturated rings. The number of esters is 3. The van der Waals surface area contributed by atoms with E-state index < -0.39 is 34.8 Å². The van der Waals surface area contributed by atoms with E-state index in [9.17, 15) is 28.8 Å². The minimum Gasteiger partial charge on any atom is -0.494 e. The number of hydrogen-bond acceptors (Lipinski definition) is 18. The molecule has 3 heterocycles. The molecular formula is C63H56O18. The van der Waals surface area contributed by atoms with Crippen LogP contribution in [0.25, 0.3) is 32.9 Å². The van der Waals surface area contributed by atoms with E-state index in [1.54, 1.807) is 127 Å². The van der Waals surface area contributed by atoms with Crippen LogP contribution in [0, 0.1) is 0 Å². The predicted octanol–water partition coefficient (Wildman–Crippen LogP) is 11.0. The molecule has 0 unspecified atom stereocenters. The smallest absolute Gasteiger partial charge is 0.343 e. The summed E-state index contributed by atoms with van der Waals surface area (Å²) in [5, 5.41) is 2.12. The van der Waals surface area contributed by atoms with Gasteiger partial charge in [0.1, 0.15) is 57.4 Å². The first kappa shape index (κ1) is 56.4. The van der Waals surface area contributed by atoms with Crippen molar-refractivity contribution in [2.24, 2.45) is 0 Å². The van der Waals surface area contributed by atoms with Gasteiger partial charge in [0, 0.05) is 72.4 Å². The van der Waals surface area contributed by atoms with Crippen LogP contribution in [0.3, 0.4) is 0 Å². The average molecular weight is 1100 g/mol. The van der Waals surface area contributed by atoms with Gasteiger partial charge in [-0.25, -0.2) is 28.8 Å². The summed E-state index contributed by atoms with van der Waals surface area (Å²) >= 11 is 0. The third-order valence-electron chi connectivity index (χ3n) is 12.4. The second-order valence-electron chi connectivity index (χ2n) is 18.4. The molecule has 0 radical (unpaired) electrons. The van der Waals surface area contributed by atoms with Gasteiger partial charge in [0.25, 0.3) is 0 Å². The minimum atomic E-state index is -0.566. The summed E-state index contributed by atoms with van der Waals surface area (Å²) in [5.41, 5.74) is 0.461. The summed E-state index contributed by atoms with van der Waals surface area (Å²) in [7, 11) is 0. The van der Waals surface area contributed by atoms with Crippen LogP contribution in [0.2, 0.25) is 0 Å². The highest BCUT2D eigenvalue weighted by Gasteiger charge is 2.15. The van der Waals surface area contributed by atoms with Crippen molar-refractivity contribution in [1.82, 2.24) is 0 Å². The molecule has 0 aliphatic rings. The molecule has 9 rings (SSSR count). The lowest BCUT2D eigenvalue weighted by atomic mass is 10.2. The van der Waals surface area contributed by atoms with Gasteiger partial charge >= 0.3 is 34.8 Å². The average Bonchev–Trinajstić information content (AvgIpc) is 3.49. The molecule has 3 aromatic heterocycles. The summed E-state index contributed by atoms with van der Waals surface area (Å²) in [6.07, 6.45) is 4.00. The SMILES string of the molecule is O=C(Oc1ccc2ccc(=O)oc2c1)c1ccc(OCCCCOCC(COCCCCOc2ccc(C(=O)Oc3ccc4ccc(=O)oc4c3)cc2)OCCCCOc2ccc(C(=O)Oc3ccc4ccc(=O)oc4c3)cc2)cc1. The summed E-state index contributed by atoms with van der Waals surface area (Å²) in [6, 6.07) is 43.3. The van der Waals surface area contributed by atoms with Crippen LogP contribution >= 0.6 is 0 Å². The molecule has 0 aliphatic heterocycles. The van der Waals surface area contributed by atoms with E-state index in [-0.39, 0.29) is 23.4 Å². The van der Waals surface area contributed by atoms with E-state index in [2.05, 4.69) is 0 Å². The topological polar surface area (TPSA) is 225 Å². The molecule has 9 aromatic rings. The third-order valence-corrected chi connectivity index (χ3v) is 12.4. The lowest BCUT2D eigenvalue weighted by Gasteiger charge is -2.18. The molecule has 0 bridgehead atoms. The maximum Gasteiger partial charge on any atom is 0.343 e. The summed E-state index contributed by atoms with van der Waals surface area (Å²) in [5.74, 6) is 0.856. The van der Waals surface area contributed by atoms with E-state index in [1.165, 1.54) is 36.4 Å². The van der Waals surface area contributed by atoms with Gasteiger partial charge in [-0.2, -0.15) is 0 Å². The Balaban J connectivity index is 0.670. The number of hydrogen-bond donors (Lipinski definition) is 0. The summed E-state index contributed by atoms with van der Waals surface area (Å²) in [6.45, 7) is 3.34. The van der Waals surface area contributed by atoms with Gasteiger partial charge in [0.05, 0.1) is 49.7 Å². The third kappa shape index (κ3) is 17.1. The van der Waals surface area contributed by atoms with E-state index in [0.29, 0.717) is 133 Å². The zero-order valence-corrected chi connectivity index (χ0v) is 43.9. The van der Waals surface area contributed by atoms with Gasteiger partial charge < -0.3 is 55.9 Å². The van der Waals surface area contributed by atoms with Crippen molar-refractivity contribution in [2.75, 3.05) is 52.9 Å². The van der Waals surface area contributed by atoms with E-state index in [4.69, 9.17) is 55.9 Å². The normalized spacial score (nSPS) is 11.2. The van der Waals surface area contributed by atoms with Crippen molar-refractivity contribution >= 4 is 50.8 Å². The highest BCUT2D eigenvalue weighted by Crippen LogP contribution is 2.25. The number of benzene rings is 6. The first-order valence-corrected chi connectivity index (χ1v) is 26.3. The Morgan fingerprint density at radius 1 is 0.333 bits per heavy atom. The zero-order chi connectivity index (χ0) is 56.2. The number of unbranched alkanes of at least 4 members (excludes halogenated alkanes) is 3. The molecule has 0 saturated heterocycles. The molecule has 81 heavy (non-hydrogen) atoms. The monoisotopic (exact) mass is 1100 g/mol. The van der Waals surface area contributed by atoms with Crippen LogP contribution in [0.15, 0.2) is 191 Å². The van der Waals surface area contributed by atoms with Crippen molar-refractivity contribution in [3.8, 4) is 34.5 Å². The standard InChI is InChI=1S/C63H56O18/c64-58-28-16-42-7-25-51(37-55(42)79-58)76-61(67)45-10-19-48(20-11-45)72-33-3-1-31-70-40-54(75-36-6-5-35-74-50-23-14-47(15-24-50)63(69)78-53-27-9-44-18-30-60(66)81-57(44)39-53)41-71-32-2-4-34-73-49-21-12-46(13-22-49)62(68)77-52-26-8-43-17-29-59(65)80-56(43)38-52/h7-30,37-39,54H,1-6,31-36,40-41H2. The van der Waals surface area contributed by atoms with E-state index in [0.717, 1.165) is 25.7 Å². The van der Waals surface area contributed by atoms with E-state index >= 15 is 0 Å². The molecule has 0 N–H and O–H groups in total. The maximum atomic E-state index is 12.8. The van der Waals surface area contributed by atoms with Crippen molar-refractivity contribution in [1.29, 1.82) is 0 Å². The van der Waals surface area contributed by atoms with Crippen LogP contribution in [0.5, 0.6) is 34.5 Å². The van der Waals surface area contributed by atoms with Gasteiger partial charge in [-0.3, -0.25) is 0 Å². The maximum absolute atomic E-state index is 12.8. The largest absolute Gasteiger partial charge is 0.494 e. The highest BCUT2D eigenvalue weighted by atomic mass is 16.6. The van der Waals surface area contributed by atoms with Crippen molar-refractivity contribution < 1.29 is 70.3 Å². The summed E-state index contributed by atoms with van der Waals surface area (Å²) < 4.78 is 68.1. The van der Waals surface area contributed by atoms with Crippen LogP contribution in [-0.4, -0.2) is 76.9 Å². The molecule has 18 nitrogen and oxygen atoms in total. The minimum absolute atomic E-state index is 0.250. The predicted molar refractivity (Wildman–Crippen MR) is 297 cm³/mol. The first-order valence-electron chi connectivity index (χ1n) is 26.3. The fourth-order valence-electron chi connectivity index (χ4n) is 8.08. The Kier molecular flexibility index (Phi) is 19.8. The fraction of sp³-hybridized carbons (Fsp3) is 0.238. The molecule has 18 heteroatoms. The number of fused-ring (bicyclic) bond motifs is 3. The Labute approximate surface area is 463 Å². The molecule has 0 saturated carbocycles. The number of rotatable bonds is 29. The second kappa shape index (κ2) is 28.5. The van der Waals surface area contributed by atoms with Gasteiger partial charge in [-0.05, 0) is 166 Å². The zero-order valence-electron chi connectivity index (χ0n) is 43.9. The number of carbonyl (C=O) groups is 3. The lowest BCUT2D eigenvalue weighted by molar-refractivity contribution is -0.0621. The Hall–Kier alpha value is -9.36. The molecule has 6 aromatic carbocycles. The van der Waals surface area contributed by atoms with Crippen LogP contribution in [-0.2, 0) is 14.2 Å². The Morgan fingerprint density at radius 2 is 0.617 bits per heavy atom. The fourth-order valence-corrected chi connectivity index (χ4v) is 8.08. The van der Waals surface area contributed by atoms with E-state index in [1.807, 2.05) is 0 Å². The quantitative estimate of drug-likeness (QED) is 0.0184. The molecule has 416 valence electrons. The number of carbonyl (C=O) groups excluding carboxylic acids is 3. The molecule has 0 aliphatic carbocycles. The number of ether oxygens (including phenoxy) is 9. The van der Waals surface area contributed by atoms with Gasteiger partial charge in [-0.15, -0.1) is 0 Å². The summed E-state index contributed by atoms with van der Waals surface area (Å²) in [4.78, 5) is 73.2. The second-order valence-corrected chi connectivity index (χ2v) is 18.4. The van der Waals surface area contributed by atoms with Crippen LogP contribution in [0.1, 0.15) is 69.6 Å². The molecular weight excluding hydrogens is 1040 g/mol. The van der Waals surface area contributed by atoms with Crippen LogP contribution in [0.4, 0.5) is 0 Å². The first-order chi connectivity index (χ1) is 39.6. The molecule has 0 amide bonds. The van der Waals surface area contributed by atoms with Crippen molar-refractivity contribution in [3.63, 3.8) is 0 Å². The lowest BCUT2D eigenvalue weighted by Crippen LogP contribution is -2.27. The van der Waals surface area contributed by atoms with Gasteiger partial charge in [-0.1, -0.05) is 0 Å². The van der Waals surface area contributed by atoms with Gasteiger partial charge in [0.2, 0.25) is 0 Å². The van der Waals surface area contributed by atoms with Crippen LogP contribution < -0.4 is 45.3 Å². The Bertz CT molecular complexity index is 3570. The van der Waals surface area contributed by atoms with Gasteiger partial charge in [0.15, 0.2) is 0 Å². The molecule has 0 atom stereocenters.